The summed E-state index contributed by atoms with van der Waals surface area (Å²) in [6.07, 6.45) is -0.224. The van der Waals surface area contributed by atoms with E-state index in [2.05, 4.69) is 10.6 Å². The molecule has 0 aliphatic heterocycles. The van der Waals surface area contributed by atoms with Crippen LogP contribution >= 0.6 is 12.4 Å². The Hall–Kier alpha value is -1.37. The summed E-state index contributed by atoms with van der Waals surface area (Å²) in [5.41, 5.74) is 0. The van der Waals surface area contributed by atoms with E-state index in [4.69, 9.17) is 9.47 Å². The lowest BCUT2D eigenvalue weighted by atomic mass is 10.2. The van der Waals surface area contributed by atoms with Crippen LogP contribution in [-0.4, -0.2) is 45.4 Å². The van der Waals surface area contributed by atoms with Gasteiger partial charge in [-0.2, -0.15) is 0 Å². The maximum Gasteiger partial charge on any atom is 0.261 e. The number of methoxy groups -OCH3 is 1. The summed E-state index contributed by atoms with van der Waals surface area (Å²) in [7, 11) is 1.63. The number of rotatable bonds is 10. The average Bonchev–Trinajstić information content (AvgIpc) is 2.49. The fraction of sp³-hybridized carbons (Fsp3) is 0.533. The van der Waals surface area contributed by atoms with Crippen LogP contribution in [0, 0.1) is 5.82 Å². The summed E-state index contributed by atoms with van der Waals surface area (Å²) >= 11 is 0. The first kappa shape index (κ1) is 20.6. The molecular formula is C15H24ClFN2O3. The molecule has 1 amide bonds. The van der Waals surface area contributed by atoms with Crippen LogP contribution in [0.3, 0.4) is 0 Å². The Morgan fingerprint density at radius 2 is 2.00 bits per heavy atom. The van der Waals surface area contributed by atoms with Crippen molar-refractivity contribution in [3.05, 3.63) is 30.1 Å². The van der Waals surface area contributed by atoms with Crippen molar-refractivity contribution < 1.29 is 18.7 Å². The number of benzene rings is 1. The lowest BCUT2D eigenvalue weighted by Crippen LogP contribution is -2.41. The topological polar surface area (TPSA) is 59.6 Å². The van der Waals surface area contributed by atoms with Crippen molar-refractivity contribution in [2.75, 3.05) is 33.4 Å². The summed E-state index contributed by atoms with van der Waals surface area (Å²) in [4.78, 5) is 12.0. The number of carbonyl (C=O) groups is 1. The molecule has 0 heterocycles. The zero-order valence-electron chi connectivity index (χ0n) is 12.9. The Morgan fingerprint density at radius 1 is 1.27 bits per heavy atom. The Labute approximate surface area is 137 Å². The molecule has 2 N–H and O–H groups in total. The van der Waals surface area contributed by atoms with Gasteiger partial charge in [-0.1, -0.05) is 19.1 Å². The molecule has 0 spiro atoms. The van der Waals surface area contributed by atoms with Crippen molar-refractivity contribution in [3.63, 3.8) is 0 Å². The molecule has 1 aromatic rings. The van der Waals surface area contributed by atoms with E-state index in [1.54, 1.807) is 19.2 Å². The summed E-state index contributed by atoms with van der Waals surface area (Å²) < 4.78 is 23.8. The molecule has 1 atom stereocenters. The maximum atomic E-state index is 13.5. The fourth-order valence-electron chi connectivity index (χ4n) is 1.70. The smallest absolute Gasteiger partial charge is 0.261 e. The number of para-hydroxylation sites is 1. The van der Waals surface area contributed by atoms with E-state index in [-0.39, 0.29) is 24.1 Å². The molecule has 7 heteroatoms. The van der Waals surface area contributed by atoms with Gasteiger partial charge in [-0.15, -0.1) is 12.4 Å². The molecule has 0 bridgehead atoms. The lowest BCUT2D eigenvalue weighted by molar-refractivity contribution is -0.128. The second-order valence-corrected chi connectivity index (χ2v) is 4.48. The van der Waals surface area contributed by atoms with Crippen molar-refractivity contribution >= 4 is 18.3 Å². The summed E-state index contributed by atoms with van der Waals surface area (Å²) in [6, 6.07) is 6.06. The predicted octanol–water partition coefficient (Wildman–Crippen LogP) is 1.76. The van der Waals surface area contributed by atoms with E-state index < -0.39 is 11.9 Å². The molecule has 1 rings (SSSR count). The highest BCUT2D eigenvalue weighted by Crippen LogP contribution is 2.17. The van der Waals surface area contributed by atoms with Crippen LogP contribution in [0.25, 0.3) is 0 Å². The third kappa shape index (κ3) is 7.59. The lowest BCUT2D eigenvalue weighted by Gasteiger charge is -2.17. The van der Waals surface area contributed by atoms with E-state index in [0.29, 0.717) is 26.1 Å². The molecule has 0 aliphatic rings. The number of ether oxygens (including phenoxy) is 2. The summed E-state index contributed by atoms with van der Waals surface area (Å²) in [5, 5.41) is 5.88. The fourth-order valence-corrected chi connectivity index (χ4v) is 1.70. The Balaban J connectivity index is 0.00000441. The van der Waals surface area contributed by atoms with Gasteiger partial charge >= 0.3 is 0 Å². The zero-order valence-corrected chi connectivity index (χ0v) is 13.7. The number of carbonyl (C=O) groups excluding carboxylic acids is 1. The molecular weight excluding hydrogens is 311 g/mol. The number of hydrogen-bond acceptors (Lipinski definition) is 4. The molecule has 0 aliphatic carbocycles. The van der Waals surface area contributed by atoms with E-state index in [9.17, 15) is 9.18 Å². The number of amides is 1. The monoisotopic (exact) mass is 334 g/mol. The van der Waals surface area contributed by atoms with Crippen LogP contribution in [0.5, 0.6) is 5.75 Å². The predicted molar refractivity (Wildman–Crippen MR) is 86.1 cm³/mol. The normalized spacial score (nSPS) is 11.4. The second kappa shape index (κ2) is 12.2. The van der Waals surface area contributed by atoms with Crippen molar-refractivity contribution in [1.29, 1.82) is 0 Å². The van der Waals surface area contributed by atoms with Crippen LogP contribution in [0.1, 0.15) is 13.3 Å². The Morgan fingerprint density at radius 3 is 2.64 bits per heavy atom. The standard InChI is InChI=1S/C15H23FN2O3.ClH/c1-3-13(21-14-7-5-4-6-12(14)16)15(19)18-9-8-17-10-11-20-2;/h4-7,13,17H,3,8-11H2,1-2H3,(H,18,19);1H. The highest BCUT2D eigenvalue weighted by atomic mass is 35.5. The Kier molecular flexibility index (Phi) is 11.4. The quantitative estimate of drug-likeness (QED) is 0.640. The van der Waals surface area contributed by atoms with Crippen molar-refractivity contribution in [1.82, 2.24) is 10.6 Å². The Bertz CT molecular complexity index is 435. The van der Waals surface area contributed by atoms with E-state index >= 15 is 0 Å². The van der Waals surface area contributed by atoms with Gasteiger partial charge in [0.2, 0.25) is 0 Å². The first-order valence-corrected chi connectivity index (χ1v) is 7.07. The van der Waals surface area contributed by atoms with E-state index in [0.717, 1.165) is 6.54 Å². The van der Waals surface area contributed by atoms with Gasteiger partial charge in [0.25, 0.3) is 5.91 Å². The minimum absolute atomic E-state index is 0. The summed E-state index contributed by atoms with van der Waals surface area (Å²) in [6.45, 7) is 4.31. The van der Waals surface area contributed by atoms with Crippen molar-refractivity contribution in [2.45, 2.75) is 19.4 Å². The number of halogens is 2. The van der Waals surface area contributed by atoms with Crippen LogP contribution in [0.2, 0.25) is 0 Å². The first-order valence-electron chi connectivity index (χ1n) is 7.07. The second-order valence-electron chi connectivity index (χ2n) is 4.48. The first-order chi connectivity index (χ1) is 10.2. The van der Waals surface area contributed by atoms with Gasteiger partial charge in [0.1, 0.15) is 0 Å². The number of hydrogen-bond donors (Lipinski definition) is 2. The minimum Gasteiger partial charge on any atom is -0.478 e. The minimum atomic E-state index is -0.694. The third-order valence-corrected chi connectivity index (χ3v) is 2.85. The van der Waals surface area contributed by atoms with Crippen molar-refractivity contribution in [3.8, 4) is 5.75 Å². The van der Waals surface area contributed by atoms with E-state index in [1.807, 2.05) is 6.92 Å². The van der Waals surface area contributed by atoms with Gasteiger partial charge in [-0.05, 0) is 18.6 Å². The molecule has 22 heavy (non-hydrogen) atoms. The average molecular weight is 335 g/mol. The number of nitrogens with one attached hydrogen (secondary N) is 2. The molecule has 0 fully saturated rings. The van der Waals surface area contributed by atoms with Gasteiger partial charge in [0.15, 0.2) is 17.7 Å². The third-order valence-electron chi connectivity index (χ3n) is 2.85. The molecule has 0 radical (unpaired) electrons. The SMILES string of the molecule is CCC(Oc1ccccc1F)C(=O)NCCNCCOC.Cl. The van der Waals surface area contributed by atoms with Crippen LogP contribution in [0.4, 0.5) is 4.39 Å². The largest absolute Gasteiger partial charge is 0.478 e. The van der Waals surface area contributed by atoms with Gasteiger partial charge in [-0.3, -0.25) is 4.79 Å². The summed E-state index contributed by atoms with van der Waals surface area (Å²) in [5.74, 6) is -0.614. The van der Waals surface area contributed by atoms with Gasteiger partial charge in [-0.25, -0.2) is 4.39 Å². The molecule has 1 unspecified atom stereocenters. The molecule has 5 nitrogen and oxygen atoms in total. The molecule has 1 aromatic carbocycles. The maximum absolute atomic E-state index is 13.5. The van der Waals surface area contributed by atoms with Gasteiger partial charge in [0.05, 0.1) is 6.61 Å². The highest BCUT2D eigenvalue weighted by Gasteiger charge is 2.19. The van der Waals surface area contributed by atoms with Crippen LogP contribution < -0.4 is 15.4 Å². The van der Waals surface area contributed by atoms with Crippen LogP contribution in [-0.2, 0) is 9.53 Å². The molecule has 0 saturated carbocycles. The zero-order chi connectivity index (χ0) is 15.5. The van der Waals surface area contributed by atoms with Gasteiger partial charge in [0, 0.05) is 26.7 Å². The van der Waals surface area contributed by atoms with Gasteiger partial charge < -0.3 is 20.1 Å². The molecule has 0 saturated heterocycles. The molecule has 126 valence electrons. The van der Waals surface area contributed by atoms with Crippen LogP contribution in [0.15, 0.2) is 24.3 Å². The molecule has 0 aromatic heterocycles. The highest BCUT2D eigenvalue weighted by molar-refractivity contribution is 5.85. The van der Waals surface area contributed by atoms with E-state index in [1.165, 1.54) is 12.1 Å². The van der Waals surface area contributed by atoms with Crippen molar-refractivity contribution in [2.24, 2.45) is 0 Å².